The van der Waals surface area contributed by atoms with Crippen molar-refractivity contribution in [3.63, 3.8) is 0 Å². The van der Waals surface area contributed by atoms with Crippen LogP contribution in [0.2, 0.25) is 5.02 Å². The van der Waals surface area contributed by atoms with E-state index in [1.165, 1.54) is 6.07 Å². The van der Waals surface area contributed by atoms with E-state index in [0.29, 0.717) is 31.2 Å². The maximum Gasteiger partial charge on any atom is 0.241 e. The summed E-state index contributed by atoms with van der Waals surface area (Å²) in [7, 11) is -3.59. The molecule has 0 radical (unpaired) electrons. The Morgan fingerprint density at radius 1 is 1.43 bits per heavy atom. The normalized spacial score (nSPS) is 19.1. The van der Waals surface area contributed by atoms with E-state index in [-0.39, 0.29) is 10.9 Å². The molecule has 0 aliphatic carbocycles. The second-order valence-corrected chi connectivity index (χ2v) is 7.27. The Bertz CT molecular complexity index is 598. The molecule has 2 rings (SSSR count). The lowest BCUT2D eigenvalue weighted by Crippen LogP contribution is -2.35. The summed E-state index contributed by atoms with van der Waals surface area (Å²) in [5, 5.41) is 3.62. The highest BCUT2D eigenvalue weighted by molar-refractivity contribution is 7.89. The Labute approximate surface area is 131 Å². The molecule has 1 aliphatic rings. The number of ether oxygens (including phenoxy) is 1. The Balaban J connectivity index is 2.30. The van der Waals surface area contributed by atoms with E-state index in [1.54, 1.807) is 6.07 Å². The van der Waals surface area contributed by atoms with Gasteiger partial charge in [-0.25, -0.2) is 13.1 Å². The zero-order chi connectivity index (χ0) is 15.5. The molecule has 1 unspecified atom stereocenters. The van der Waals surface area contributed by atoms with Crippen molar-refractivity contribution in [3.8, 4) is 0 Å². The fourth-order valence-electron chi connectivity index (χ4n) is 2.34. The number of hydrogen-bond donors (Lipinski definition) is 2. The molecule has 7 heteroatoms. The Morgan fingerprint density at radius 3 is 2.81 bits per heavy atom. The Morgan fingerprint density at radius 2 is 2.19 bits per heavy atom. The van der Waals surface area contributed by atoms with Gasteiger partial charge in [-0.05, 0) is 43.1 Å². The standard InChI is InChI=1S/C14H21ClN2O3S/c1-3-16-8-11-6-12(15)7-14(10(11)2)21(18,19)17-13-4-5-20-9-13/h6-7,13,16-17H,3-5,8-9H2,1-2H3. The van der Waals surface area contributed by atoms with Crippen molar-refractivity contribution in [2.45, 2.75) is 37.8 Å². The zero-order valence-electron chi connectivity index (χ0n) is 12.3. The number of nitrogens with one attached hydrogen (secondary N) is 2. The summed E-state index contributed by atoms with van der Waals surface area (Å²) in [4.78, 5) is 0.245. The lowest BCUT2D eigenvalue weighted by molar-refractivity contribution is 0.192. The first-order chi connectivity index (χ1) is 9.94. The van der Waals surface area contributed by atoms with Crippen LogP contribution in [0, 0.1) is 6.92 Å². The van der Waals surface area contributed by atoms with Crippen LogP contribution in [0.25, 0.3) is 0 Å². The molecule has 1 heterocycles. The van der Waals surface area contributed by atoms with Gasteiger partial charge in [0.2, 0.25) is 10.0 Å². The van der Waals surface area contributed by atoms with Crippen LogP contribution in [0.4, 0.5) is 0 Å². The second kappa shape index (κ2) is 7.07. The van der Waals surface area contributed by atoms with Crippen molar-refractivity contribution in [3.05, 3.63) is 28.3 Å². The van der Waals surface area contributed by atoms with Crippen LogP contribution in [0.3, 0.4) is 0 Å². The lowest BCUT2D eigenvalue weighted by atomic mass is 10.1. The maximum atomic E-state index is 12.5. The molecule has 5 nitrogen and oxygen atoms in total. The molecule has 0 bridgehead atoms. The first-order valence-electron chi connectivity index (χ1n) is 7.04. The molecule has 0 spiro atoms. The van der Waals surface area contributed by atoms with Gasteiger partial charge in [0, 0.05) is 24.2 Å². The van der Waals surface area contributed by atoms with Crippen LogP contribution in [0.1, 0.15) is 24.5 Å². The minimum Gasteiger partial charge on any atom is -0.380 e. The summed E-state index contributed by atoms with van der Waals surface area (Å²) in [5.74, 6) is 0. The molecule has 21 heavy (non-hydrogen) atoms. The van der Waals surface area contributed by atoms with E-state index in [2.05, 4.69) is 10.0 Å². The van der Waals surface area contributed by atoms with Crippen molar-refractivity contribution >= 4 is 21.6 Å². The summed E-state index contributed by atoms with van der Waals surface area (Å²) in [5.41, 5.74) is 1.62. The molecule has 0 saturated carbocycles. The lowest BCUT2D eigenvalue weighted by Gasteiger charge is -2.16. The SMILES string of the molecule is CCNCc1cc(Cl)cc(S(=O)(=O)NC2CCOC2)c1C. The van der Waals surface area contributed by atoms with Gasteiger partial charge in [-0.15, -0.1) is 0 Å². The summed E-state index contributed by atoms with van der Waals surface area (Å²) in [6.45, 7) is 6.22. The number of rotatable bonds is 6. The highest BCUT2D eigenvalue weighted by Crippen LogP contribution is 2.25. The van der Waals surface area contributed by atoms with Crippen molar-refractivity contribution in [2.75, 3.05) is 19.8 Å². The molecule has 118 valence electrons. The van der Waals surface area contributed by atoms with Gasteiger partial charge in [-0.2, -0.15) is 0 Å². The smallest absolute Gasteiger partial charge is 0.241 e. The van der Waals surface area contributed by atoms with Crippen molar-refractivity contribution < 1.29 is 13.2 Å². The molecule has 1 atom stereocenters. The molecule has 1 fully saturated rings. The highest BCUT2D eigenvalue weighted by atomic mass is 35.5. The summed E-state index contributed by atoms with van der Waals surface area (Å²) < 4.78 is 33.0. The molecule has 1 aromatic rings. The zero-order valence-corrected chi connectivity index (χ0v) is 13.9. The molecular weight excluding hydrogens is 312 g/mol. The van der Waals surface area contributed by atoms with Crippen LogP contribution in [-0.4, -0.2) is 34.2 Å². The average molecular weight is 333 g/mol. The fraction of sp³-hybridized carbons (Fsp3) is 0.571. The van der Waals surface area contributed by atoms with Gasteiger partial charge in [-0.1, -0.05) is 18.5 Å². The van der Waals surface area contributed by atoms with Crippen molar-refractivity contribution in [1.29, 1.82) is 0 Å². The molecule has 1 aromatic carbocycles. The number of hydrogen-bond acceptors (Lipinski definition) is 4. The van der Waals surface area contributed by atoms with Crippen molar-refractivity contribution in [1.82, 2.24) is 10.0 Å². The predicted molar refractivity (Wildman–Crippen MR) is 83.1 cm³/mol. The average Bonchev–Trinajstić information content (AvgIpc) is 2.91. The fourth-order valence-corrected chi connectivity index (χ4v) is 4.21. The summed E-state index contributed by atoms with van der Waals surface area (Å²) >= 11 is 6.08. The van der Waals surface area contributed by atoms with E-state index in [0.717, 1.165) is 17.7 Å². The molecule has 0 amide bonds. The maximum absolute atomic E-state index is 12.5. The van der Waals surface area contributed by atoms with E-state index < -0.39 is 10.0 Å². The van der Waals surface area contributed by atoms with Crippen LogP contribution in [-0.2, 0) is 21.3 Å². The van der Waals surface area contributed by atoms with Gasteiger partial charge in [-0.3, -0.25) is 0 Å². The van der Waals surface area contributed by atoms with Gasteiger partial charge < -0.3 is 10.1 Å². The minimum atomic E-state index is -3.59. The number of benzene rings is 1. The third kappa shape index (κ3) is 4.17. The number of sulfonamides is 1. The third-order valence-corrected chi connectivity index (χ3v) is 5.40. The van der Waals surface area contributed by atoms with Crippen LogP contribution < -0.4 is 10.0 Å². The van der Waals surface area contributed by atoms with E-state index >= 15 is 0 Å². The van der Waals surface area contributed by atoms with Gasteiger partial charge in [0.05, 0.1) is 11.5 Å². The summed E-state index contributed by atoms with van der Waals surface area (Å²) in [6, 6.07) is 3.15. The molecule has 1 aliphatic heterocycles. The summed E-state index contributed by atoms with van der Waals surface area (Å²) in [6.07, 6.45) is 0.698. The predicted octanol–water partition coefficient (Wildman–Crippen LogP) is 1.83. The first-order valence-corrected chi connectivity index (χ1v) is 8.90. The van der Waals surface area contributed by atoms with Crippen LogP contribution in [0.5, 0.6) is 0 Å². The van der Waals surface area contributed by atoms with Gasteiger partial charge in [0.1, 0.15) is 0 Å². The molecule has 2 N–H and O–H groups in total. The largest absolute Gasteiger partial charge is 0.380 e. The topological polar surface area (TPSA) is 67.4 Å². The highest BCUT2D eigenvalue weighted by Gasteiger charge is 2.25. The minimum absolute atomic E-state index is 0.161. The van der Waals surface area contributed by atoms with Gasteiger partial charge in [0.15, 0.2) is 0 Å². The van der Waals surface area contributed by atoms with E-state index in [4.69, 9.17) is 16.3 Å². The van der Waals surface area contributed by atoms with E-state index in [1.807, 2.05) is 13.8 Å². The van der Waals surface area contributed by atoms with Gasteiger partial charge >= 0.3 is 0 Å². The monoisotopic (exact) mass is 332 g/mol. The van der Waals surface area contributed by atoms with E-state index in [9.17, 15) is 8.42 Å². The number of halogens is 1. The molecular formula is C14H21ClN2O3S. The second-order valence-electron chi connectivity index (χ2n) is 5.15. The Hall–Kier alpha value is -0.660. The third-order valence-electron chi connectivity index (χ3n) is 3.54. The quantitative estimate of drug-likeness (QED) is 0.834. The Kier molecular flexibility index (Phi) is 5.62. The van der Waals surface area contributed by atoms with Crippen LogP contribution in [0.15, 0.2) is 17.0 Å². The van der Waals surface area contributed by atoms with Crippen LogP contribution >= 0.6 is 11.6 Å². The molecule has 1 saturated heterocycles. The molecule has 0 aromatic heterocycles. The van der Waals surface area contributed by atoms with Gasteiger partial charge in [0.25, 0.3) is 0 Å². The van der Waals surface area contributed by atoms with Crippen molar-refractivity contribution in [2.24, 2.45) is 0 Å². The first kappa shape index (κ1) is 16.7.